The first kappa shape index (κ1) is 37.4. The van der Waals surface area contributed by atoms with Gasteiger partial charge in [-0.1, -0.05) is 23.2 Å². The Morgan fingerprint density at radius 3 is 1.52 bits per heavy atom. The number of nitrogens with one attached hydrogen (secondary N) is 2. The predicted molar refractivity (Wildman–Crippen MR) is 170 cm³/mol. The molecule has 2 aromatic carbocycles. The Labute approximate surface area is 277 Å². The zero-order valence-electron chi connectivity index (χ0n) is 25.1. The number of halogens is 2. The molecule has 0 aliphatic heterocycles. The van der Waals surface area contributed by atoms with E-state index in [9.17, 15) is 36.5 Å². The average molecular weight is 724 g/mol. The molecule has 4 rings (SSSR count). The van der Waals surface area contributed by atoms with Crippen LogP contribution in [0.3, 0.4) is 0 Å². The second-order valence-electron chi connectivity index (χ2n) is 10.9. The van der Waals surface area contributed by atoms with Crippen molar-refractivity contribution in [1.82, 2.24) is 9.44 Å². The first-order chi connectivity index (χ1) is 21.6. The van der Waals surface area contributed by atoms with Crippen molar-refractivity contribution >= 4 is 66.6 Å². The zero-order chi connectivity index (χ0) is 34.2. The second kappa shape index (κ2) is 16.2. The number of carbonyl (C=O) groups is 2. The van der Waals surface area contributed by atoms with E-state index in [1.54, 1.807) is 0 Å². The molecule has 0 atom stereocenters. The van der Waals surface area contributed by atoms with E-state index < -0.39 is 30.7 Å². The van der Waals surface area contributed by atoms with Crippen LogP contribution >= 0.6 is 23.2 Å². The molecule has 2 aliphatic rings. The number of nitrogens with zero attached hydrogens (tertiary/aromatic N) is 1. The third-order valence-corrected chi connectivity index (χ3v) is 11.6. The van der Waals surface area contributed by atoms with Gasteiger partial charge in [0.1, 0.15) is 5.02 Å². The van der Waals surface area contributed by atoms with E-state index in [4.69, 9.17) is 33.7 Å². The zero-order valence-corrected chi connectivity index (χ0v) is 28.3. The summed E-state index contributed by atoms with van der Waals surface area (Å²) in [7, 11) is -4.87. The van der Waals surface area contributed by atoms with E-state index in [1.165, 1.54) is 44.6 Å². The number of carbonyl (C=O) groups excluding carboxylic acids is 2. The van der Waals surface area contributed by atoms with Gasteiger partial charge >= 0.3 is 11.9 Å². The highest BCUT2D eigenvalue weighted by Gasteiger charge is 2.31. The van der Waals surface area contributed by atoms with E-state index in [0.717, 1.165) is 6.07 Å². The summed E-state index contributed by atoms with van der Waals surface area (Å²) in [5.74, 6) is -0.874. The summed E-state index contributed by atoms with van der Waals surface area (Å²) < 4.78 is 64.0. The van der Waals surface area contributed by atoms with Crippen LogP contribution < -0.4 is 15.2 Å². The molecule has 0 unspecified atom stereocenters. The number of ether oxygens (including phenoxy) is 2. The molecule has 2 saturated carbocycles. The largest absolute Gasteiger partial charge is 0.469 e. The van der Waals surface area contributed by atoms with Gasteiger partial charge in [-0.25, -0.2) is 26.3 Å². The van der Waals surface area contributed by atoms with Gasteiger partial charge in [-0.2, -0.15) is 0 Å². The first-order valence-electron chi connectivity index (χ1n) is 14.3. The molecular weight excluding hydrogens is 687 g/mol. The Kier molecular flexibility index (Phi) is 13.2. The fraction of sp³-hybridized carbons (Fsp3) is 0.500. The van der Waals surface area contributed by atoms with Gasteiger partial charge in [-0.3, -0.25) is 19.7 Å². The number of nitro groups is 1. The van der Waals surface area contributed by atoms with Gasteiger partial charge < -0.3 is 15.2 Å². The molecule has 254 valence electrons. The first-order valence-corrected chi connectivity index (χ1v) is 18.0. The van der Waals surface area contributed by atoms with Gasteiger partial charge in [0.2, 0.25) is 20.0 Å². The van der Waals surface area contributed by atoms with Crippen LogP contribution in [0.5, 0.6) is 0 Å². The van der Waals surface area contributed by atoms with Crippen molar-refractivity contribution in [1.29, 1.82) is 0 Å². The Hall–Kier alpha value is -3.02. The molecule has 2 fully saturated rings. The maximum absolute atomic E-state index is 12.4. The number of nitrogen functional groups attached to an aromatic ring is 1. The van der Waals surface area contributed by atoms with Crippen molar-refractivity contribution in [3.05, 3.63) is 56.6 Å². The maximum atomic E-state index is 12.4. The lowest BCUT2D eigenvalue weighted by Crippen LogP contribution is -2.38. The number of nitrogens with two attached hydrogens (primary N) is 1. The molecule has 2 aromatic rings. The number of rotatable bonds is 9. The summed E-state index contributed by atoms with van der Waals surface area (Å²) in [4.78, 5) is 33.0. The molecule has 0 saturated heterocycles. The number of benzene rings is 2. The van der Waals surface area contributed by atoms with Crippen molar-refractivity contribution in [2.45, 2.75) is 73.2 Å². The van der Waals surface area contributed by atoms with Crippen LogP contribution in [-0.2, 0) is 39.1 Å². The van der Waals surface area contributed by atoms with Crippen LogP contribution in [-0.4, -0.2) is 60.0 Å². The molecule has 0 radical (unpaired) electrons. The third kappa shape index (κ3) is 9.99. The van der Waals surface area contributed by atoms with E-state index in [1.807, 2.05) is 0 Å². The van der Waals surface area contributed by atoms with Crippen LogP contribution in [0.1, 0.15) is 51.4 Å². The minimum Gasteiger partial charge on any atom is -0.469 e. The maximum Gasteiger partial charge on any atom is 0.308 e. The topological polar surface area (TPSA) is 214 Å². The molecule has 4 N–H and O–H groups in total. The van der Waals surface area contributed by atoms with Crippen LogP contribution in [0, 0.1) is 22.0 Å². The lowest BCUT2D eigenvalue weighted by Gasteiger charge is -2.27. The molecule has 0 amide bonds. The highest BCUT2D eigenvalue weighted by molar-refractivity contribution is 7.89. The van der Waals surface area contributed by atoms with Gasteiger partial charge in [0.25, 0.3) is 5.69 Å². The SMILES string of the molecule is COC(=O)C1CCC(NS(=O)(=O)c2ccc(Cl)c(N)c2)CC1.COC(=O)C1CCC(NS(=O)(=O)c2ccc(Cl)c([N+](=O)[O-])c2)CC1. The highest BCUT2D eigenvalue weighted by Crippen LogP contribution is 2.30. The van der Waals surface area contributed by atoms with E-state index in [-0.39, 0.29) is 56.4 Å². The lowest BCUT2D eigenvalue weighted by molar-refractivity contribution is -0.384. The molecule has 0 spiro atoms. The van der Waals surface area contributed by atoms with E-state index >= 15 is 0 Å². The molecular formula is C28H36Cl2N4O10S2. The Balaban J connectivity index is 0.000000251. The summed E-state index contributed by atoms with van der Waals surface area (Å²) in [6.07, 6.45) is 4.47. The summed E-state index contributed by atoms with van der Waals surface area (Å²) >= 11 is 11.5. The molecule has 18 heteroatoms. The van der Waals surface area contributed by atoms with Gasteiger partial charge in [0.05, 0.1) is 51.5 Å². The minimum absolute atomic E-state index is 0.0875. The molecule has 14 nitrogen and oxygen atoms in total. The number of sulfonamides is 2. The summed E-state index contributed by atoms with van der Waals surface area (Å²) in [6.45, 7) is 0. The third-order valence-electron chi connectivity index (χ3n) is 7.87. The number of hydrogen-bond donors (Lipinski definition) is 3. The second-order valence-corrected chi connectivity index (χ2v) is 15.2. The van der Waals surface area contributed by atoms with Crippen molar-refractivity contribution in [2.75, 3.05) is 20.0 Å². The standard InChI is InChI=1S/C14H17ClN2O6S.C14H19ClN2O4S/c1-23-14(18)9-2-4-10(5-3-9)16-24(21,22)11-6-7-12(15)13(8-11)17(19)20;1-21-14(18)9-2-4-10(5-3-9)17-22(19,20)11-6-7-12(15)13(16)8-11/h6-10,16H,2-5H2,1H3;6-10,17H,2-5,16H2,1H3. The lowest BCUT2D eigenvalue weighted by atomic mass is 9.86. The van der Waals surface area contributed by atoms with Crippen molar-refractivity contribution in [3.63, 3.8) is 0 Å². The Bertz CT molecular complexity index is 1640. The number of methoxy groups -OCH3 is 2. The number of hydrogen-bond acceptors (Lipinski definition) is 11. The van der Waals surface area contributed by atoms with E-state index in [2.05, 4.69) is 14.2 Å². The quantitative estimate of drug-likeness (QED) is 0.144. The van der Waals surface area contributed by atoms with Crippen LogP contribution in [0.25, 0.3) is 0 Å². The molecule has 2 aliphatic carbocycles. The van der Waals surface area contributed by atoms with Crippen molar-refractivity contribution < 1.29 is 40.8 Å². The molecule has 0 aromatic heterocycles. The van der Waals surface area contributed by atoms with Gasteiger partial charge in [-0.05, 0) is 81.7 Å². The van der Waals surface area contributed by atoms with Crippen LogP contribution in [0.2, 0.25) is 10.0 Å². The summed E-state index contributed by atoms with van der Waals surface area (Å²) in [6, 6.07) is 7.03. The van der Waals surface area contributed by atoms with Crippen molar-refractivity contribution in [2.24, 2.45) is 11.8 Å². The Morgan fingerprint density at radius 2 is 1.15 bits per heavy atom. The summed E-state index contributed by atoms with van der Waals surface area (Å²) in [5, 5.41) is 11.1. The minimum atomic E-state index is -3.91. The van der Waals surface area contributed by atoms with Crippen LogP contribution in [0.4, 0.5) is 11.4 Å². The molecule has 0 heterocycles. The summed E-state index contributed by atoms with van der Waals surface area (Å²) in [5.41, 5.74) is 5.40. The van der Waals surface area contributed by atoms with E-state index in [0.29, 0.717) is 56.4 Å². The average Bonchev–Trinajstić information content (AvgIpc) is 3.02. The molecule has 0 bridgehead atoms. The Morgan fingerprint density at radius 1 is 0.761 bits per heavy atom. The normalized spacial score (nSPS) is 21.7. The fourth-order valence-corrected chi connectivity index (χ4v) is 8.26. The van der Waals surface area contributed by atoms with Gasteiger partial charge in [0.15, 0.2) is 0 Å². The van der Waals surface area contributed by atoms with Crippen molar-refractivity contribution in [3.8, 4) is 0 Å². The number of nitro benzene ring substituents is 1. The monoisotopic (exact) mass is 722 g/mol. The van der Waals surface area contributed by atoms with Gasteiger partial charge in [-0.15, -0.1) is 0 Å². The molecule has 46 heavy (non-hydrogen) atoms. The fourth-order valence-electron chi connectivity index (χ4n) is 5.29. The highest BCUT2D eigenvalue weighted by atomic mass is 35.5. The number of esters is 2. The predicted octanol–water partition coefficient (Wildman–Crippen LogP) is 4.19. The van der Waals surface area contributed by atoms with Gasteiger partial charge in [0, 0.05) is 18.2 Å². The number of anilines is 1. The smallest absolute Gasteiger partial charge is 0.308 e. The van der Waals surface area contributed by atoms with Crippen LogP contribution in [0.15, 0.2) is 46.2 Å².